The highest BCUT2D eigenvalue weighted by molar-refractivity contribution is 7.91. The van der Waals surface area contributed by atoms with Crippen LogP contribution in [0.15, 0.2) is 23.1 Å². The second-order valence-corrected chi connectivity index (χ2v) is 11.8. The van der Waals surface area contributed by atoms with Gasteiger partial charge < -0.3 is 4.90 Å². The van der Waals surface area contributed by atoms with Gasteiger partial charge in [-0.2, -0.15) is 0 Å². The van der Waals surface area contributed by atoms with Crippen molar-refractivity contribution in [2.45, 2.75) is 81.7 Å². The van der Waals surface area contributed by atoms with Crippen LogP contribution >= 0.6 is 0 Å². The highest BCUT2D eigenvalue weighted by atomic mass is 32.2. The molecule has 1 saturated heterocycles. The number of benzene rings is 1. The summed E-state index contributed by atoms with van der Waals surface area (Å²) >= 11 is 0. The van der Waals surface area contributed by atoms with Crippen LogP contribution in [0.5, 0.6) is 0 Å². The van der Waals surface area contributed by atoms with E-state index in [0.717, 1.165) is 44.8 Å². The van der Waals surface area contributed by atoms with E-state index < -0.39 is 9.84 Å². The highest BCUT2D eigenvalue weighted by Gasteiger charge is 2.25. The van der Waals surface area contributed by atoms with Crippen molar-refractivity contribution in [1.29, 1.82) is 0 Å². The van der Waals surface area contributed by atoms with Gasteiger partial charge in [0.05, 0.1) is 10.6 Å². The molecular formula is C24H38N2O2S. The van der Waals surface area contributed by atoms with Crippen LogP contribution in [0.2, 0.25) is 0 Å². The summed E-state index contributed by atoms with van der Waals surface area (Å²) in [4.78, 5) is 5.48. The quantitative estimate of drug-likeness (QED) is 0.663. The predicted molar refractivity (Wildman–Crippen MR) is 119 cm³/mol. The van der Waals surface area contributed by atoms with Crippen molar-refractivity contribution in [3.8, 4) is 0 Å². The van der Waals surface area contributed by atoms with E-state index in [9.17, 15) is 8.42 Å². The fraction of sp³-hybridized carbons (Fsp3) is 0.750. The van der Waals surface area contributed by atoms with Crippen LogP contribution in [0.3, 0.4) is 0 Å². The van der Waals surface area contributed by atoms with Crippen LogP contribution in [-0.2, 0) is 22.8 Å². The standard InChI is InChI=1S/C24H38N2O2S/c1-25-14-5-9-23(25)10-6-16-29(27,28)24-12-11-21-13-15-26(19-22(21)17-24)18-20-7-3-2-4-8-20/h11-12,17,20,23H,2-10,13-16,18-19H2,1H3/t23-/m0/s1. The summed E-state index contributed by atoms with van der Waals surface area (Å²) in [6.07, 6.45) is 12.2. The van der Waals surface area contributed by atoms with E-state index in [1.54, 1.807) is 0 Å². The van der Waals surface area contributed by atoms with Crippen molar-refractivity contribution < 1.29 is 8.42 Å². The summed E-state index contributed by atoms with van der Waals surface area (Å²) in [7, 11) is -1.02. The van der Waals surface area contributed by atoms with E-state index in [2.05, 4.69) is 22.9 Å². The molecule has 1 aliphatic carbocycles. The van der Waals surface area contributed by atoms with Crippen molar-refractivity contribution in [3.05, 3.63) is 29.3 Å². The maximum Gasteiger partial charge on any atom is 0.178 e. The highest BCUT2D eigenvalue weighted by Crippen LogP contribution is 2.28. The van der Waals surface area contributed by atoms with Crippen molar-refractivity contribution >= 4 is 9.84 Å². The van der Waals surface area contributed by atoms with Gasteiger partial charge in [-0.25, -0.2) is 8.42 Å². The lowest BCUT2D eigenvalue weighted by atomic mass is 9.88. The summed E-state index contributed by atoms with van der Waals surface area (Å²) in [6.45, 7) is 4.37. The molecule has 3 aliphatic rings. The van der Waals surface area contributed by atoms with Crippen molar-refractivity contribution in [3.63, 3.8) is 0 Å². The number of hydrogen-bond donors (Lipinski definition) is 0. The molecule has 2 heterocycles. The minimum absolute atomic E-state index is 0.280. The zero-order valence-electron chi connectivity index (χ0n) is 18.1. The Bertz CT molecular complexity index is 786. The van der Waals surface area contributed by atoms with Gasteiger partial charge in [0, 0.05) is 25.7 Å². The van der Waals surface area contributed by atoms with E-state index in [1.165, 1.54) is 62.6 Å². The first-order valence-electron chi connectivity index (χ1n) is 11.8. The lowest BCUT2D eigenvalue weighted by Crippen LogP contribution is -2.35. The summed E-state index contributed by atoms with van der Waals surface area (Å²) in [6, 6.07) is 6.49. The Morgan fingerprint density at radius 1 is 1.00 bits per heavy atom. The van der Waals surface area contributed by atoms with E-state index in [4.69, 9.17) is 0 Å². The number of rotatable bonds is 7. The van der Waals surface area contributed by atoms with Crippen LogP contribution in [0, 0.1) is 5.92 Å². The minimum atomic E-state index is -3.18. The molecular weight excluding hydrogens is 380 g/mol. The fourth-order valence-corrected chi connectivity index (χ4v) is 7.03. The predicted octanol–water partition coefficient (Wildman–Crippen LogP) is 4.27. The number of hydrogen-bond acceptors (Lipinski definition) is 4. The maximum atomic E-state index is 12.9. The summed E-state index contributed by atoms with van der Waals surface area (Å²) in [5.74, 6) is 1.12. The molecule has 0 spiro atoms. The second kappa shape index (κ2) is 9.49. The molecule has 2 aliphatic heterocycles. The van der Waals surface area contributed by atoms with Crippen LogP contribution in [-0.4, -0.2) is 56.7 Å². The van der Waals surface area contributed by atoms with E-state index in [1.807, 2.05) is 12.1 Å². The molecule has 2 fully saturated rings. The van der Waals surface area contributed by atoms with Crippen molar-refractivity contribution in [1.82, 2.24) is 9.80 Å². The zero-order valence-corrected chi connectivity index (χ0v) is 18.9. The van der Waals surface area contributed by atoms with E-state index in [0.29, 0.717) is 10.9 Å². The molecule has 0 bridgehead atoms. The Morgan fingerprint density at radius 3 is 2.59 bits per heavy atom. The monoisotopic (exact) mass is 418 g/mol. The third-order valence-electron chi connectivity index (χ3n) is 7.49. The van der Waals surface area contributed by atoms with Gasteiger partial charge in [0.25, 0.3) is 0 Å². The van der Waals surface area contributed by atoms with Crippen LogP contribution in [0.1, 0.15) is 68.9 Å². The molecule has 1 aromatic carbocycles. The molecule has 4 rings (SSSR count). The van der Waals surface area contributed by atoms with Gasteiger partial charge in [-0.15, -0.1) is 0 Å². The maximum absolute atomic E-state index is 12.9. The Balaban J connectivity index is 1.35. The number of nitrogens with zero attached hydrogens (tertiary/aromatic N) is 2. The van der Waals surface area contributed by atoms with Gasteiger partial charge in [0.15, 0.2) is 9.84 Å². The van der Waals surface area contributed by atoms with Crippen LogP contribution < -0.4 is 0 Å². The molecule has 162 valence electrons. The molecule has 1 atom stereocenters. The molecule has 4 nitrogen and oxygen atoms in total. The van der Waals surface area contributed by atoms with Gasteiger partial charge in [0.2, 0.25) is 0 Å². The van der Waals surface area contributed by atoms with Gasteiger partial charge in [0.1, 0.15) is 0 Å². The number of likely N-dealkylation sites (tertiary alicyclic amines) is 1. The molecule has 0 radical (unpaired) electrons. The third-order valence-corrected chi connectivity index (χ3v) is 9.29. The van der Waals surface area contributed by atoms with Gasteiger partial charge >= 0.3 is 0 Å². The molecule has 1 aromatic rings. The first kappa shape index (κ1) is 21.3. The summed E-state index contributed by atoms with van der Waals surface area (Å²) in [5.41, 5.74) is 2.58. The minimum Gasteiger partial charge on any atom is -0.303 e. The SMILES string of the molecule is CN1CCC[C@H]1CCCS(=O)(=O)c1ccc2c(c1)CN(CC1CCCCC1)CC2. The summed E-state index contributed by atoms with van der Waals surface area (Å²) < 4.78 is 25.9. The van der Waals surface area contributed by atoms with Gasteiger partial charge in [-0.1, -0.05) is 25.3 Å². The van der Waals surface area contributed by atoms with E-state index >= 15 is 0 Å². The molecule has 0 N–H and O–H groups in total. The van der Waals surface area contributed by atoms with Crippen LogP contribution in [0.25, 0.3) is 0 Å². The number of fused-ring (bicyclic) bond motifs is 1. The van der Waals surface area contributed by atoms with Crippen molar-refractivity contribution in [2.24, 2.45) is 5.92 Å². The molecule has 5 heteroatoms. The second-order valence-electron chi connectivity index (χ2n) is 9.66. The Hall–Kier alpha value is -0.910. The first-order valence-corrected chi connectivity index (χ1v) is 13.4. The third kappa shape index (κ3) is 5.42. The fourth-order valence-electron chi connectivity index (χ4n) is 5.65. The average molecular weight is 419 g/mol. The van der Waals surface area contributed by atoms with Gasteiger partial charge in [-0.05, 0) is 87.7 Å². The Morgan fingerprint density at radius 2 is 1.83 bits per heavy atom. The summed E-state index contributed by atoms with van der Waals surface area (Å²) in [5, 5.41) is 0. The van der Waals surface area contributed by atoms with Crippen LogP contribution in [0.4, 0.5) is 0 Å². The molecule has 1 saturated carbocycles. The topological polar surface area (TPSA) is 40.6 Å². The number of sulfone groups is 1. The lowest BCUT2D eigenvalue weighted by molar-refractivity contribution is 0.187. The van der Waals surface area contributed by atoms with Gasteiger partial charge in [-0.3, -0.25) is 4.90 Å². The van der Waals surface area contributed by atoms with E-state index in [-0.39, 0.29) is 5.75 Å². The normalized spacial score (nSPS) is 24.7. The van der Waals surface area contributed by atoms with Crippen molar-refractivity contribution in [2.75, 3.05) is 32.4 Å². The molecule has 29 heavy (non-hydrogen) atoms. The molecule has 0 amide bonds. The smallest absolute Gasteiger partial charge is 0.178 e. The molecule has 0 unspecified atom stereocenters. The lowest BCUT2D eigenvalue weighted by Gasteiger charge is -2.33. The largest absolute Gasteiger partial charge is 0.303 e. The molecule has 0 aromatic heterocycles. The average Bonchev–Trinajstić information content (AvgIpc) is 3.13. The Kier molecular flexibility index (Phi) is 6.98. The zero-order chi connectivity index (χ0) is 20.3. The first-order chi connectivity index (χ1) is 14.0. The Labute approximate surface area is 177 Å².